The molecule has 104 valence electrons. The fraction of sp³-hybridized carbons (Fsp3) is 0.375. The second-order valence-electron chi connectivity index (χ2n) is 5.53. The summed E-state index contributed by atoms with van der Waals surface area (Å²) in [6.45, 7) is 2.73. The van der Waals surface area contributed by atoms with Gasteiger partial charge in [0.25, 0.3) is 0 Å². The van der Waals surface area contributed by atoms with Crippen LogP contribution in [-0.2, 0) is 0 Å². The molecule has 2 heterocycles. The first-order valence-electron chi connectivity index (χ1n) is 6.92. The first-order chi connectivity index (χ1) is 9.66. The number of carbonyl (C=O) groups is 1. The highest BCUT2D eigenvalue weighted by atomic mass is 16.1. The van der Waals surface area contributed by atoms with Crippen LogP contribution >= 0.6 is 0 Å². The van der Waals surface area contributed by atoms with Crippen LogP contribution < -0.4 is 0 Å². The number of Topliss-reactive ketones (excluding diaryl/α,β-unsaturated/α-hetero) is 1. The molecule has 0 radical (unpaired) electrons. The van der Waals surface area contributed by atoms with E-state index < -0.39 is 0 Å². The van der Waals surface area contributed by atoms with Gasteiger partial charge >= 0.3 is 0 Å². The standard InChI is InChI=1S/C16H19N3O/c1-18-8-9-19(2)15(11-18)16(20)14-5-3-4-12-10-17-7-6-13(12)14/h3-7,10,15H,8-9,11H2,1-2H3. The number of rotatable bonds is 2. The van der Waals surface area contributed by atoms with E-state index in [4.69, 9.17) is 0 Å². The molecule has 4 nitrogen and oxygen atoms in total. The largest absolute Gasteiger partial charge is 0.303 e. The highest BCUT2D eigenvalue weighted by molar-refractivity contribution is 6.10. The third kappa shape index (κ3) is 2.32. The van der Waals surface area contributed by atoms with E-state index >= 15 is 0 Å². The van der Waals surface area contributed by atoms with Crippen LogP contribution in [0.15, 0.2) is 36.7 Å². The number of carbonyl (C=O) groups excluding carboxylic acids is 1. The van der Waals surface area contributed by atoms with Crippen LogP contribution in [0.1, 0.15) is 10.4 Å². The number of piperazine rings is 1. The van der Waals surface area contributed by atoms with Crippen molar-refractivity contribution in [2.45, 2.75) is 6.04 Å². The zero-order chi connectivity index (χ0) is 14.1. The first-order valence-corrected chi connectivity index (χ1v) is 6.92. The van der Waals surface area contributed by atoms with Gasteiger partial charge in [0.2, 0.25) is 0 Å². The molecule has 1 aromatic heterocycles. The maximum atomic E-state index is 12.9. The summed E-state index contributed by atoms with van der Waals surface area (Å²) in [5.41, 5.74) is 0.803. The minimum absolute atomic E-state index is 0.0625. The third-order valence-electron chi connectivity index (χ3n) is 4.10. The Kier molecular flexibility index (Phi) is 3.51. The number of nitrogens with zero attached hydrogens (tertiary/aromatic N) is 3. The predicted molar refractivity (Wildman–Crippen MR) is 80.0 cm³/mol. The third-order valence-corrected chi connectivity index (χ3v) is 4.10. The van der Waals surface area contributed by atoms with Crippen molar-refractivity contribution in [2.24, 2.45) is 0 Å². The molecule has 0 saturated carbocycles. The molecule has 1 aromatic carbocycles. The number of likely N-dealkylation sites (N-methyl/N-ethyl adjacent to an activating group) is 2. The number of pyridine rings is 1. The summed E-state index contributed by atoms with van der Waals surface area (Å²) in [7, 11) is 4.10. The van der Waals surface area contributed by atoms with Gasteiger partial charge in [-0.15, -0.1) is 0 Å². The van der Waals surface area contributed by atoms with Gasteiger partial charge in [-0.1, -0.05) is 18.2 Å². The Morgan fingerprint density at radius 1 is 1.25 bits per heavy atom. The van der Waals surface area contributed by atoms with E-state index in [0.717, 1.165) is 36.0 Å². The summed E-state index contributed by atoms with van der Waals surface area (Å²) >= 11 is 0. The van der Waals surface area contributed by atoms with Gasteiger partial charge in [0.1, 0.15) is 0 Å². The maximum absolute atomic E-state index is 12.9. The summed E-state index contributed by atoms with van der Waals surface area (Å²) in [6, 6.07) is 7.72. The highest BCUT2D eigenvalue weighted by Gasteiger charge is 2.29. The van der Waals surface area contributed by atoms with E-state index in [-0.39, 0.29) is 11.8 Å². The molecular weight excluding hydrogens is 250 g/mol. The smallest absolute Gasteiger partial charge is 0.181 e. The van der Waals surface area contributed by atoms with Crippen molar-refractivity contribution >= 4 is 16.6 Å². The van der Waals surface area contributed by atoms with Crippen LogP contribution in [0.3, 0.4) is 0 Å². The van der Waals surface area contributed by atoms with E-state index in [1.54, 1.807) is 6.20 Å². The summed E-state index contributed by atoms with van der Waals surface area (Å²) in [4.78, 5) is 21.4. The maximum Gasteiger partial charge on any atom is 0.181 e. The lowest BCUT2D eigenvalue weighted by molar-refractivity contribution is 0.0688. The van der Waals surface area contributed by atoms with Crippen LogP contribution in [0.2, 0.25) is 0 Å². The van der Waals surface area contributed by atoms with Crippen molar-refractivity contribution in [3.8, 4) is 0 Å². The van der Waals surface area contributed by atoms with Crippen LogP contribution in [0.25, 0.3) is 10.8 Å². The van der Waals surface area contributed by atoms with Gasteiger partial charge in [0.05, 0.1) is 6.04 Å². The Morgan fingerprint density at radius 2 is 2.10 bits per heavy atom. The lowest BCUT2D eigenvalue weighted by atomic mass is 9.96. The van der Waals surface area contributed by atoms with E-state index in [0.29, 0.717) is 0 Å². The molecule has 0 bridgehead atoms. The minimum atomic E-state index is -0.0625. The fourth-order valence-electron chi connectivity index (χ4n) is 2.81. The molecule has 1 unspecified atom stereocenters. The number of hydrogen-bond acceptors (Lipinski definition) is 4. The summed E-state index contributed by atoms with van der Waals surface area (Å²) in [6.07, 6.45) is 3.55. The molecular formula is C16H19N3O. The SMILES string of the molecule is CN1CCN(C)C(C(=O)c2cccc3cnccc23)C1. The Hall–Kier alpha value is -1.78. The number of hydrogen-bond donors (Lipinski definition) is 0. The van der Waals surface area contributed by atoms with E-state index in [9.17, 15) is 4.79 Å². The topological polar surface area (TPSA) is 36.4 Å². The lowest BCUT2D eigenvalue weighted by Crippen LogP contribution is -2.53. The molecule has 1 aliphatic heterocycles. The lowest BCUT2D eigenvalue weighted by Gasteiger charge is -2.36. The molecule has 4 heteroatoms. The molecule has 1 aliphatic rings. The molecule has 2 aromatic rings. The Balaban J connectivity index is 2.00. The van der Waals surface area contributed by atoms with Gasteiger partial charge in [-0.3, -0.25) is 14.7 Å². The normalized spacial score (nSPS) is 21.2. The molecule has 1 atom stereocenters. The van der Waals surface area contributed by atoms with Gasteiger partial charge in [-0.2, -0.15) is 0 Å². The molecule has 1 saturated heterocycles. The summed E-state index contributed by atoms with van der Waals surface area (Å²) < 4.78 is 0. The van der Waals surface area contributed by atoms with Gasteiger partial charge in [0, 0.05) is 43.0 Å². The minimum Gasteiger partial charge on any atom is -0.303 e. The quantitative estimate of drug-likeness (QED) is 0.777. The van der Waals surface area contributed by atoms with Crippen molar-refractivity contribution < 1.29 is 4.79 Å². The molecule has 0 N–H and O–H groups in total. The molecule has 3 rings (SSSR count). The van der Waals surface area contributed by atoms with Gasteiger partial charge in [-0.25, -0.2) is 0 Å². The Bertz CT molecular complexity index is 635. The fourth-order valence-corrected chi connectivity index (χ4v) is 2.81. The molecule has 0 aliphatic carbocycles. The number of aromatic nitrogens is 1. The number of benzene rings is 1. The summed E-state index contributed by atoms with van der Waals surface area (Å²) in [5.74, 6) is 0.204. The van der Waals surface area contributed by atoms with E-state index in [1.165, 1.54) is 0 Å². The zero-order valence-electron chi connectivity index (χ0n) is 11.9. The molecule has 0 spiro atoms. The van der Waals surface area contributed by atoms with Crippen LogP contribution in [0, 0.1) is 0 Å². The van der Waals surface area contributed by atoms with Crippen LogP contribution in [0.4, 0.5) is 0 Å². The van der Waals surface area contributed by atoms with E-state index in [2.05, 4.69) is 21.8 Å². The molecule has 20 heavy (non-hydrogen) atoms. The van der Waals surface area contributed by atoms with E-state index in [1.807, 2.05) is 37.5 Å². The first kappa shape index (κ1) is 13.2. The average Bonchev–Trinajstić information content (AvgIpc) is 2.48. The van der Waals surface area contributed by atoms with Crippen molar-refractivity contribution in [1.29, 1.82) is 0 Å². The van der Waals surface area contributed by atoms with Gasteiger partial charge in [-0.05, 0) is 25.5 Å². The van der Waals surface area contributed by atoms with Crippen molar-refractivity contribution in [3.63, 3.8) is 0 Å². The van der Waals surface area contributed by atoms with Crippen LogP contribution in [0.5, 0.6) is 0 Å². The van der Waals surface area contributed by atoms with Gasteiger partial charge in [0.15, 0.2) is 5.78 Å². The summed E-state index contributed by atoms with van der Waals surface area (Å²) in [5, 5.41) is 2.01. The Morgan fingerprint density at radius 3 is 2.95 bits per heavy atom. The van der Waals surface area contributed by atoms with Crippen molar-refractivity contribution in [3.05, 3.63) is 42.2 Å². The predicted octanol–water partition coefficient (Wildman–Crippen LogP) is 1.66. The van der Waals surface area contributed by atoms with Gasteiger partial charge < -0.3 is 4.90 Å². The highest BCUT2D eigenvalue weighted by Crippen LogP contribution is 2.21. The average molecular weight is 269 g/mol. The van der Waals surface area contributed by atoms with Crippen molar-refractivity contribution in [1.82, 2.24) is 14.8 Å². The Labute approximate surface area is 119 Å². The number of fused-ring (bicyclic) bond motifs is 1. The van der Waals surface area contributed by atoms with Crippen LogP contribution in [-0.4, -0.2) is 60.3 Å². The molecule has 0 amide bonds. The second kappa shape index (κ2) is 5.31. The van der Waals surface area contributed by atoms with Crippen molar-refractivity contribution in [2.75, 3.05) is 33.7 Å². The monoisotopic (exact) mass is 269 g/mol. The second-order valence-corrected chi connectivity index (χ2v) is 5.53. The zero-order valence-corrected chi connectivity index (χ0v) is 11.9. The molecule has 1 fully saturated rings. The number of ketones is 1.